The molecule has 19 heavy (non-hydrogen) atoms. The first kappa shape index (κ1) is 13.9. The summed E-state index contributed by atoms with van der Waals surface area (Å²) in [5, 5.41) is 0. The van der Waals surface area contributed by atoms with Crippen LogP contribution in [0, 0.1) is 11.7 Å². The lowest BCUT2D eigenvalue weighted by atomic mass is 9.87. The van der Waals surface area contributed by atoms with Crippen molar-refractivity contribution >= 4 is 5.82 Å². The zero-order chi connectivity index (χ0) is 14.2. The average Bonchev–Trinajstić information content (AvgIpc) is 2.71. The molecule has 5 nitrogen and oxygen atoms in total. The van der Waals surface area contributed by atoms with Crippen molar-refractivity contribution in [2.45, 2.75) is 38.5 Å². The van der Waals surface area contributed by atoms with Crippen LogP contribution in [0.5, 0.6) is 0 Å². The van der Waals surface area contributed by atoms with E-state index >= 15 is 0 Å². The Bertz CT molecular complexity index is 528. The fourth-order valence-corrected chi connectivity index (χ4v) is 2.48. The molecule has 0 aromatic carbocycles. The first-order chi connectivity index (χ1) is 8.93. The molecule has 1 aromatic rings. The third-order valence-electron chi connectivity index (χ3n) is 3.89. The minimum atomic E-state index is -0.915. The highest BCUT2D eigenvalue weighted by Gasteiger charge is 2.46. The number of anilines is 1. The fraction of sp³-hybridized carbons (Fsp3) is 0.667. The first-order valence-corrected chi connectivity index (χ1v) is 6.21. The molecular weight excluding hydrogens is 256 g/mol. The fourth-order valence-electron chi connectivity index (χ4n) is 2.48. The predicted molar refractivity (Wildman–Crippen MR) is 65.8 cm³/mol. The Morgan fingerprint density at radius 1 is 1.68 bits per heavy atom. The van der Waals surface area contributed by atoms with Gasteiger partial charge in [-0.05, 0) is 18.8 Å². The number of aromatic nitrogens is 2. The van der Waals surface area contributed by atoms with E-state index in [1.165, 1.54) is 0 Å². The van der Waals surface area contributed by atoms with Crippen LogP contribution >= 0.6 is 0 Å². The number of hydrogen-bond acceptors (Lipinski definition) is 4. The highest BCUT2D eigenvalue weighted by molar-refractivity contribution is 5.26. The van der Waals surface area contributed by atoms with E-state index in [-0.39, 0.29) is 5.92 Å². The maximum absolute atomic E-state index is 13.4. The first-order valence-electron chi connectivity index (χ1n) is 6.21. The molecule has 7 heteroatoms. The Labute approximate surface area is 109 Å². The lowest BCUT2D eigenvalue weighted by molar-refractivity contribution is -0.0983. The van der Waals surface area contributed by atoms with Gasteiger partial charge < -0.3 is 10.5 Å². The Hall–Kier alpha value is -1.50. The Kier molecular flexibility index (Phi) is 3.58. The predicted octanol–water partition coefficient (Wildman–Crippen LogP) is 1.64. The van der Waals surface area contributed by atoms with Crippen molar-refractivity contribution in [2.24, 2.45) is 5.92 Å². The van der Waals surface area contributed by atoms with Crippen molar-refractivity contribution in [1.82, 2.24) is 9.55 Å². The largest absolute Gasteiger partial charge is 0.381 e. The number of alkyl halides is 1. The Morgan fingerprint density at radius 3 is 2.89 bits per heavy atom. The number of nitrogens with two attached hydrogens (primary N) is 1. The van der Waals surface area contributed by atoms with Gasteiger partial charge in [0.2, 0.25) is 0 Å². The lowest BCUT2D eigenvalue weighted by Crippen LogP contribution is -2.37. The third kappa shape index (κ3) is 2.22. The van der Waals surface area contributed by atoms with Crippen LogP contribution in [0.4, 0.5) is 14.6 Å². The number of ether oxygens (including phenoxy) is 1. The minimum Gasteiger partial charge on any atom is -0.381 e. The van der Waals surface area contributed by atoms with Crippen LogP contribution in [-0.4, -0.2) is 21.8 Å². The van der Waals surface area contributed by atoms with Crippen LogP contribution in [0.3, 0.4) is 0 Å². The second kappa shape index (κ2) is 4.88. The van der Waals surface area contributed by atoms with E-state index in [1.807, 2.05) is 13.8 Å². The molecule has 1 aliphatic rings. The highest BCUT2D eigenvalue weighted by atomic mass is 19.1. The molecule has 0 bridgehead atoms. The summed E-state index contributed by atoms with van der Waals surface area (Å²) >= 11 is 0. The van der Waals surface area contributed by atoms with E-state index in [0.717, 1.165) is 10.8 Å². The van der Waals surface area contributed by atoms with Gasteiger partial charge >= 0.3 is 5.69 Å². The van der Waals surface area contributed by atoms with E-state index in [9.17, 15) is 13.6 Å². The molecule has 2 N–H and O–H groups in total. The molecule has 2 rings (SSSR count). The molecule has 1 aromatic heterocycles. The molecule has 1 fully saturated rings. The molecule has 3 atom stereocenters. The molecule has 0 aliphatic carbocycles. The molecule has 0 unspecified atom stereocenters. The number of hydrogen-bond donors (Lipinski definition) is 1. The normalized spacial score (nSPS) is 30.7. The average molecular weight is 273 g/mol. The van der Waals surface area contributed by atoms with Gasteiger partial charge in [0.05, 0.1) is 6.20 Å². The van der Waals surface area contributed by atoms with Crippen molar-refractivity contribution < 1.29 is 13.5 Å². The van der Waals surface area contributed by atoms with Gasteiger partial charge in [-0.15, -0.1) is 0 Å². The third-order valence-corrected chi connectivity index (χ3v) is 3.89. The van der Waals surface area contributed by atoms with Gasteiger partial charge in [0.15, 0.2) is 11.6 Å². The summed E-state index contributed by atoms with van der Waals surface area (Å²) in [5.41, 5.74) is 3.61. The van der Waals surface area contributed by atoms with Crippen LogP contribution in [0.15, 0.2) is 11.0 Å². The zero-order valence-corrected chi connectivity index (χ0v) is 10.9. The van der Waals surface area contributed by atoms with Gasteiger partial charge in [-0.3, -0.25) is 4.57 Å². The van der Waals surface area contributed by atoms with Crippen LogP contribution in [0.1, 0.15) is 32.9 Å². The Balaban J connectivity index is 2.36. The molecule has 1 saturated heterocycles. The summed E-state index contributed by atoms with van der Waals surface area (Å²) in [4.78, 5) is 15.1. The van der Waals surface area contributed by atoms with Gasteiger partial charge in [0.25, 0.3) is 0 Å². The molecular formula is C12H17F2N3O2. The van der Waals surface area contributed by atoms with Crippen LogP contribution in [-0.2, 0) is 4.74 Å². The van der Waals surface area contributed by atoms with E-state index in [1.54, 1.807) is 0 Å². The highest BCUT2D eigenvalue weighted by Crippen LogP contribution is 2.43. The monoisotopic (exact) mass is 273 g/mol. The quantitative estimate of drug-likeness (QED) is 0.908. The van der Waals surface area contributed by atoms with Gasteiger partial charge in [0.1, 0.15) is 18.5 Å². The van der Waals surface area contributed by atoms with Crippen molar-refractivity contribution in [1.29, 1.82) is 0 Å². The number of nitrogen functional groups attached to an aromatic ring is 1. The Morgan fingerprint density at radius 2 is 2.37 bits per heavy atom. The van der Waals surface area contributed by atoms with E-state index in [2.05, 4.69) is 4.98 Å². The number of halogens is 2. The van der Waals surface area contributed by atoms with E-state index in [0.29, 0.717) is 12.8 Å². The SMILES string of the molecule is CC[C@@]1(CF)O[C@@H](n2cc(F)c(N)nc2=O)C[C@@H]1C. The lowest BCUT2D eigenvalue weighted by Gasteiger charge is -2.28. The number of rotatable bonds is 3. The van der Waals surface area contributed by atoms with Gasteiger partial charge in [0, 0.05) is 0 Å². The molecule has 0 radical (unpaired) electrons. The topological polar surface area (TPSA) is 70.1 Å². The molecule has 2 heterocycles. The van der Waals surface area contributed by atoms with Crippen molar-refractivity contribution in [3.05, 3.63) is 22.5 Å². The summed E-state index contributed by atoms with van der Waals surface area (Å²) < 4.78 is 33.3. The van der Waals surface area contributed by atoms with Gasteiger partial charge in [-0.2, -0.15) is 4.98 Å². The maximum atomic E-state index is 13.4. The van der Waals surface area contributed by atoms with Gasteiger partial charge in [-0.25, -0.2) is 13.6 Å². The van der Waals surface area contributed by atoms with E-state index in [4.69, 9.17) is 10.5 Å². The van der Waals surface area contributed by atoms with Crippen molar-refractivity contribution in [2.75, 3.05) is 12.4 Å². The maximum Gasteiger partial charge on any atom is 0.351 e. The van der Waals surface area contributed by atoms with Crippen molar-refractivity contribution in [3.8, 4) is 0 Å². The minimum absolute atomic E-state index is 0.0694. The summed E-state index contributed by atoms with van der Waals surface area (Å²) in [7, 11) is 0. The number of nitrogens with zero attached hydrogens (tertiary/aromatic N) is 2. The van der Waals surface area contributed by atoms with Crippen LogP contribution < -0.4 is 11.4 Å². The van der Waals surface area contributed by atoms with Gasteiger partial charge in [-0.1, -0.05) is 13.8 Å². The van der Waals surface area contributed by atoms with Crippen molar-refractivity contribution in [3.63, 3.8) is 0 Å². The molecule has 106 valence electrons. The molecule has 0 spiro atoms. The second-order valence-electron chi connectivity index (χ2n) is 4.93. The molecule has 0 saturated carbocycles. The zero-order valence-electron chi connectivity index (χ0n) is 10.9. The second-order valence-corrected chi connectivity index (χ2v) is 4.93. The van der Waals surface area contributed by atoms with Crippen LogP contribution in [0.25, 0.3) is 0 Å². The summed E-state index contributed by atoms with van der Waals surface area (Å²) in [6.45, 7) is 3.04. The molecule has 0 amide bonds. The van der Waals surface area contributed by atoms with Crippen LogP contribution in [0.2, 0.25) is 0 Å². The summed E-state index contributed by atoms with van der Waals surface area (Å²) in [5.74, 6) is -1.30. The summed E-state index contributed by atoms with van der Waals surface area (Å²) in [6, 6.07) is 0. The smallest absolute Gasteiger partial charge is 0.351 e. The van der Waals surface area contributed by atoms with E-state index < -0.39 is 35.8 Å². The molecule has 1 aliphatic heterocycles. The standard InChI is InChI=1S/C12H17F2N3O2/c1-3-12(6-13)7(2)4-9(19-12)17-5-8(14)10(15)16-11(17)18/h5,7,9H,3-4,6H2,1-2H3,(H2,15,16,18)/t7-,9+,12-/m0/s1. The summed E-state index contributed by atoms with van der Waals surface area (Å²) in [6.07, 6.45) is 1.18.